The molecule has 0 saturated heterocycles. The van der Waals surface area contributed by atoms with E-state index < -0.39 is 5.60 Å². The molecule has 0 aromatic rings. The van der Waals surface area contributed by atoms with Gasteiger partial charge in [0.2, 0.25) is 0 Å². The number of allylic oxidation sites excluding steroid dienone is 1. The van der Waals surface area contributed by atoms with Crippen molar-refractivity contribution in [2.45, 2.75) is 57.5 Å². The van der Waals surface area contributed by atoms with Crippen molar-refractivity contribution < 1.29 is 5.11 Å². The smallest absolute Gasteiger partial charge is 0.0768 e. The van der Waals surface area contributed by atoms with Crippen LogP contribution in [0.1, 0.15) is 51.9 Å². The molecule has 1 heteroatoms. The predicted molar refractivity (Wildman–Crippen MR) is 68.2 cm³/mol. The first-order valence-corrected chi connectivity index (χ1v) is 6.54. The lowest BCUT2D eigenvalue weighted by Gasteiger charge is -2.56. The van der Waals surface area contributed by atoms with E-state index in [1.165, 1.54) is 12.0 Å². The first-order chi connectivity index (χ1) is 7.53. The topological polar surface area (TPSA) is 20.2 Å². The molecule has 2 saturated carbocycles. The van der Waals surface area contributed by atoms with Gasteiger partial charge in [-0.15, -0.1) is 6.58 Å². The Morgan fingerprint density at radius 3 is 2.88 bits per heavy atom. The molecule has 0 aliphatic heterocycles. The Hall–Kier alpha value is -0.560. The molecule has 0 aromatic carbocycles. The molecule has 2 aliphatic carbocycles. The SMILES string of the molecule is C=CC[C@@]1(C)CCC(=C)[C@@H]2CCCC[C@]21O. The van der Waals surface area contributed by atoms with Crippen molar-refractivity contribution in [3.8, 4) is 0 Å². The minimum atomic E-state index is -0.519. The fourth-order valence-electron chi connectivity index (χ4n) is 3.84. The summed E-state index contributed by atoms with van der Waals surface area (Å²) in [5.41, 5.74) is 0.777. The summed E-state index contributed by atoms with van der Waals surface area (Å²) in [6.07, 6.45) is 9.51. The number of hydrogen-bond acceptors (Lipinski definition) is 1. The summed E-state index contributed by atoms with van der Waals surface area (Å²) in [5, 5.41) is 11.1. The van der Waals surface area contributed by atoms with Crippen LogP contribution in [0.15, 0.2) is 24.8 Å². The van der Waals surface area contributed by atoms with Crippen molar-refractivity contribution in [2.24, 2.45) is 11.3 Å². The maximum Gasteiger partial charge on any atom is 0.0768 e. The minimum absolute atomic E-state index is 0.0149. The summed E-state index contributed by atoms with van der Waals surface area (Å²) < 4.78 is 0. The maximum atomic E-state index is 11.1. The zero-order valence-electron chi connectivity index (χ0n) is 10.5. The lowest BCUT2D eigenvalue weighted by molar-refractivity contribution is -0.146. The highest BCUT2D eigenvalue weighted by Gasteiger charge is 2.54. The molecule has 0 aromatic heterocycles. The highest BCUT2D eigenvalue weighted by Crippen LogP contribution is 2.56. The van der Waals surface area contributed by atoms with Crippen LogP contribution in [0.4, 0.5) is 0 Å². The van der Waals surface area contributed by atoms with E-state index in [9.17, 15) is 5.11 Å². The molecule has 2 fully saturated rings. The number of hydrogen-bond donors (Lipinski definition) is 1. The van der Waals surface area contributed by atoms with Gasteiger partial charge in [0.05, 0.1) is 5.60 Å². The fraction of sp³-hybridized carbons (Fsp3) is 0.733. The van der Waals surface area contributed by atoms with Crippen LogP contribution in [-0.4, -0.2) is 10.7 Å². The molecule has 0 radical (unpaired) electrons. The second-order valence-corrected chi connectivity index (χ2v) is 5.93. The number of fused-ring (bicyclic) bond motifs is 1. The van der Waals surface area contributed by atoms with Crippen molar-refractivity contribution in [3.63, 3.8) is 0 Å². The summed E-state index contributed by atoms with van der Waals surface area (Å²) in [7, 11) is 0. The van der Waals surface area contributed by atoms with Crippen molar-refractivity contribution >= 4 is 0 Å². The van der Waals surface area contributed by atoms with E-state index in [1.807, 2.05) is 6.08 Å². The zero-order valence-corrected chi connectivity index (χ0v) is 10.5. The second-order valence-electron chi connectivity index (χ2n) is 5.93. The lowest BCUT2D eigenvalue weighted by atomic mass is 9.52. The summed E-state index contributed by atoms with van der Waals surface area (Å²) >= 11 is 0. The Morgan fingerprint density at radius 1 is 1.44 bits per heavy atom. The van der Waals surface area contributed by atoms with E-state index in [1.54, 1.807) is 0 Å². The Balaban J connectivity index is 2.34. The van der Waals surface area contributed by atoms with Crippen molar-refractivity contribution in [3.05, 3.63) is 24.8 Å². The van der Waals surface area contributed by atoms with Crippen molar-refractivity contribution in [2.75, 3.05) is 0 Å². The van der Waals surface area contributed by atoms with Crippen molar-refractivity contribution in [1.29, 1.82) is 0 Å². The van der Waals surface area contributed by atoms with Crippen LogP contribution in [0.25, 0.3) is 0 Å². The van der Waals surface area contributed by atoms with Crippen LogP contribution in [-0.2, 0) is 0 Å². The van der Waals surface area contributed by atoms with Gasteiger partial charge in [-0.3, -0.25) is 0 Å². The Labute approximate surface area is 99.3 Å². The summed E-state index contributed by atoms with van der Waals surface area (Å²) in [6.45, 7) is 10.3. The molecule has 0 heterocycles. The first-order valence-electron chi connectivity index (χ1n) is 6.54. The van der Waals surface area contributed by atoms with Gasteiger partial charge >= 0.3 is 0 Å². The molecule has 3 atom stereocenters. The average molecular weight is 220 g/mol. The molecule has 0 amide bonds. The van der Waals surface area contributed by atoms with Crippen LogP contribution in [0.5, 0.6) is 0 Å². The van der Waals surface area contributed by atoms with Gasteiger partial charge in [0.25, 0.3) is 0 Å². The first kappa shape index (κ1) is 11.9. The largest absolute Gasteiger partial charge is 0.389 e. The molecule has 90 valence electrons. The van der Waals surface area contributed by atoms with Crippen LogP contribution in [0, 0.1) is 11.3 Å². The van der Waals surface area contributed by atoms with Gasteiger partial charge in [-0.2, -0.15) is 0 Å². The number of aliphatic hydroxyl groups is 1. The second kappa shape index (κ2) is 4.03. The molecule has 2 aliphatic rings. The molecule has 0 bridgehead atoms. The third kappa shape index (κ3) is 1.57. The van der Waals surface area contributed by atoms with E-state index in [0.29, 0.717) is 5.92 Å². The van der Waals surface area contributed by atoms with Crippen molar-refractivity contribution in [1.82, 2.24) is 0 Å². The highest BCUT2D eigenvalue weighted by atomic mass is 16.3. The van der Waals surface area contributed by atoms with Crippen LogP contribution >= 0.6 is 0 Å². The van der Waals surface area contributed by atoms with E-state index in [4.69, 9.17) is 0 Å². The maximum absolute atomic E-state index is 11.1. The molecule has 0 unspecified atom stereocenters. The molecule has 2 rings (SSSR count). The van der Waals surface area contributed by atoms with E-state index >= 15 is 0 Å². The Bertz CT molecular complexity index is 307. The van der Waals surface area contributed by atoms with Crippen LogP contribution in [0.2, 0.25) is 0 Å². The van der Waals surface area contributed by atoms with Gasteiger partial charge < -0.3 is 5.11 Å². The number of rotatable bonds is 2. The molecule has 1 nitrogen and oxygen atoms in total. The Morgan fingerprint density at radius 2 is 2.19 bits per heavy atom. The van der Waals surface area contributed by atoms with Gasteiger partial charge in [0.1, 0.15) is 0 Å². The Kier molecular flexibility index (Phi) is 3.00. The van der Waals surface area contributed by atoms with Crippen LogP contribution < -0.4 is 0 Å². The fourth-order valence-corrected chi connectivity index (χ4v) is 3.84. The average Bonchev–Trinajstić information content (AvgIpc) is 2.25. The van der Waals surface area contributed by atoms with Gasteiger partial charge in [0, 0.05) is 11.3 Å². The molecule has 1 N–H and O–H groups in total. The molecular formula is C15H24O. The standard InChI is InChI=1S/C15H24O/c1-4-9-14(3)11-8-12(2)13-7-5-6-10-15(13,14)16/h4,13,16H,1-2,5-11H2,3H3/t13-,14-,15-/m0/s1. The normalized spacial score (nSPS) is 43.9. The van der Waals surface area contributed by atoms with E-state index in [2.05, 4.69) is 20.1 Å². The van der Waals surface area contributed by atoms with Gasteiger partial charge in [-0.25, -0.2) is 0 Å². The van der Waals surface area contributed by atoms with E-state index in [-0.39, 0.29) is 5.41 Å². The monoisotopic (exact) mass is 220 g/mol. The third-order valence-corrected chi connectivity index (χ3v) is 5.01. The van der Waals surface area contributed by atoms with Gasteiger partial charge in [0.15, 0.2) is 0 Å². The summed E-state index contributed by atoms with van der Waals surface area (Å²) in [4.78, 5) is 0. The quantitative estimate of drug-likeness (QED) is 0.701. The zero-order chi connectivity index (χ0) is 11.8. The minimum Gasteiger partial charge on any atom is -0.389 e. The predicted octanol–water partition coefficient (Wildman–Crippen LogP) is 3.84. The van der Waals surface area contributed by atoms with E-state index in [0.717, 1.165) is 38.5 Å². The third-order valence-electron chi connectivity index (χ3n) is 5.01. The molecule has 0 spiro atoms. The van der Waals surface area contributed by atoms with Gasteiger partial charge in [-0.1, -0.05) is 38.0 Å². The summed E-state index contributed by atoms with van der Waals surface area (Å²) in [6, 6.07) is 0. The lowest BCUT2D eigenvalue weighted by Crippen LogP contribution is -2.56. The van der Waals surface area contributed by atoms with Gasteiger partial charge in [-0.05, 0) is 32.1 Å². The molecular weight excluding hydrogens is 196 g/mol. The van der Waals surface area contributed by atoms with Crippen LogP contribution in [0.3, 0.4) is 0 Å². The summed E-state index contributed by atoms with van der Waals surface area (Å²) in [5.74, 6) is 0.333. The molecule has 16 heavy (non-hydrogen) atoms. The highest BCUT2D eigenvalue weighted by molar-refractivity contribution is 5.20.